The van der Waals surface area contributed by atoms with Crippen molar-refractivity contribution < 1.29 is 18.8 Å². The molecule has 1 aromatic carbocycles. The molecule has 0 N–H and O–H groups in total. The van der Waals surface area contributed by atoms with Gasteiger partial charge in [0.1, 0.15) is 25.6 Å². The predicted octanol–water partition coefficient (Wildman–Crippen LogP) is 2.21. The fraction of sp³-hybridized carbons (Fsp3) is 0.526. The standard InChI is InChI=1S/C19H23ClFN3O3/c1-19(2,11-20)18(27)23(14-7-8-14)10-16(25)22-9-17(26)24(12-22)15-5-3-13(21)4-6-15/h3-6,14H,7-12H2,1-2H3. The molecule has 3 amide bonds. The van der Waals surface area contributed by atoms with Gasteiger partial charge in [0.25, 0.3) is 0 Å². The van der Waals surface area contributed by atoms with Crippen molar-refractivity contribution >= 4 is 35.0 Å². The maximum atomic E-state index is 13.1. The van der Waals surface area contributed by atoms with Crippen LogP contribution in [0.5, 0.6) is 0 Å². The number of amides is 3. The number of benzene rings is 1. The van der Waals surface area contributed by atoms with Crippen molar-refractivity contribution in [2.75, 3.05) is 30.5 Å². The first-order valence-electron chi connectivity index (χ1n) is 8.93. The van der Waals surface area contributed by atoms with E-state index in [4.69, 9.17) is 11.6 Å². The van der Waals surface area contributed by atoms with Gasteiger partial charge >= 0.3 is 0 Å². The van der Waals surface area contributed by atoms with Crippen LogP contribution in [-0.4, -0.2) is 59.2 Å². The fourth-order valence-corrected chi connectivity index (χ4v) is 3.12. The van der Waals surface area contributed by atoms with Crippen molar-refractivity contribution in [1.29, 1.82) is 0 Å². The molecular formula is C19H23ClFN3O3. The van der Waals surface area contributed by atoms with Crippen molar-refractivity contribution in [2.45, 2.75) is 32.7 Å². The molecule has 2 aliphatic rings. The van der Waals surface area contributed by atoms with Crippen LogP contribution in [0, 0.1) is 11.2 Å². The number of hydrogen-bond acceptors (Lipinski definition) is 3. The van der Waals surface area contributed by atoms with Crippen LogP contribution >= 0.6 is 11.6 Å². The van der Waals surface area contributed by atoms with E-state index in [0.717, 1.165) is 12.8 Å². The van der Waals surface area contributed by atoms with Gasteiger partial charge in [-0.1, -0.05) is 0 Å². The molecule has 1 aliphatic carbocycles. The summed E-state index contributed by atoms with van der Waals surface area (Å²) in [6.07, 6.45) is 1.75. The molecule has 1 saturated heterocycles. The summed E-state index contributed by atoms with van der Waals surface area (Å²) in [6, 6.07) is 5.62. The molecule has 8 heteroatoms. The van der Waals surface area contributed by atoms with E-state index in [2.05, 4.69) is 0 Å². The van der Waals surface area contributed by atoms with Crippen LogP contribution in [-0.2, 0) is 14.4 Å². The number of nitrogens with zero attached hydrogens (tertiary/aromatic N) is 3. The van der Waals surface area contributed by atoms with E-state index >= 15 is 0 Å². The second-order valence-corrected chi connectivity index (χ2v) is 7.98. The van der Waals surface area contributed by atoms with Crippen LogP contribution in [0.15, 0.2) is 24.3 Å². The number of rotatable bonds is 6. The third-order valence-electron chi connectivity index (χ3n) is 4.90. The third kappa shape index (κ3) is 4.24. The molecular weight excluding hydrogens is 373 g/mol. The molecule has 1 aliphatic heterocycles. The molecule has 27 heavy (non-hydrogen) atoms. The molecule has 0 atom stereocenters. The maximum Gasteiger partial charge on any atom is 0.248 e. The molecule has 0 radical (unpaired) electrons. The molecule has 6 nitrogen and oxygen atoms in total. The number of anilines is 1. The number of carbonyl (C=O) groups is 3. The van der Waals surface area contributed by atoms with Gasteiger partial charge in [0, 0.05) is 17.6 Å². The minimum Gasteiger partial charge on any atom is -0.330 e. The fourth-order valence-electron chi connectivity index (χ4n) is 3.01. The molecule has 146 valence electrons. The summed E-state index contributed by atoms with van der Waals surface area (Å²) in [4.78, 5) is 42.2. The zero-order valence-corrected chi connectivity index (χ0v) is 16.2. The summed E-state index contributed by atoms with van der Waals surface area (Å²) in [6.45, 7) is 3.50. The van der Waals surface area contributed by atoms with E-state index in [1.54, 1.807) is 18.7 Å². The molecule has 1 aromatic rings. The highest BCUT2D eigenvalue weighted by Gasteiger charge is 2.41. The highest BCUT2D eigenvalue weighted by molar-refractivity contribution is 6.19. The van der Waals surface area contributed by atoms with Crippen molar-refractivity contribution in [3.05, 3.63) is 30.1 Å². The Morgan fingerprint density at radius 2 is 1.89 bits per heavy atom. The molecule has 0 bridgehead atoms. The Balaban J connectivity index is 1.67. The van der Waals surface area contributed by atoms with Crippen LogP contribution < -0.4 is 4.90 Å². The Morgan fingerprint density at radius 3 is 2.44 bits per heavy atom. The number of halogens is 2. The van der Waals surface area contributed by atoms with E-state index in [0.29, 0.717) is 5.69 Å². The minimum atomic E-state index is -0.745. The largest absolute Gasteiger partial charge is 0.330 e. The van der Waals surface area contributed by atoms with Gasteiger partial charge in [-0.2, -0.15) is 0 Å². The topological polar surface area (TPSA) is 60.9 Å². The van der Waals surface area contributed by atoms with Gasteiger partial charge in [-0.3, -0.25) is 19.3 Å². The van der Waals surface area contributed by atoms with Gasteiger partial charge in [-0.25, -0.2) is 4.39 Å². The Morgan fingerprint density at radius 1 is 1.26 bits per heavy atom. The van der Waals surface area contributed by atoms with Gasteiger partial charge in [-0.05, 0) is 51.0 Å². The Hall–Kier alpha value is -2.15. The lowest BCUT2D eigenvalue weighted by atomic mass is 9.94. The number of carbonyl (C=O) groups excluding carboxylic acids is 3. The Kier molecular flexibility index (Phi) is 5.42. The zero-order chi connectivity index (χ0) is 19.8. The average molecular weight is 396 g/mol. The van der Waals surface area contributed by atoms with Crippen molar-refractivity contribution in [3.63, 3.8) is 0 Å². The predicted molar refractivity (Wildman–Crippen MR) is 99.7 cm³/mol. The second-order valence-electron chi connectivity index (χ2n) is 7.71. The molecule has 0 unspecified atom stereocenters. The average Bonchev–Trinajstić information content (AvgIpc) is 3.41. The van der Waals surface area contributed by atoms with Crippen molar-refractivity contribution in [1.82, 2.24) is 9.80 Å². The van der Waals surface area contributed by atoms with E-state index in [9.17, 15) is 18.8 Å². The smallest absolute Gasteiger partial charge is 0.248 e. The van der Waals surface area contributed by atoms with Gasteiger partial charge in [0.2, 0.25) is 17.7 Å². The maximum absolute atomic E-state index is 13.1. The third-order valence-corrected chi connectivity index (χ3v) is 5.57. The zero-order valence-electron chi connectivity index (χ0n) is 15.5. The first-order chi connectivity index (χ1) is 12.7. The molecule has 1 saturated carbocycles. The Labute approximate surface area is 162 Å². The highest BCUT2D eigenvalue weighted by Crippen LogP contribution is 2.32. The summed E-state index contributed by atoms with van der Waals surface area (Å²) in [5, 5.41) is 0. The monoisotopic (exact) mass is 395 g/mol. The molecule has 3 rings (SSSR count). The molecule has 0 spiro atoms. The highest BCUT2D eigenvalue weighted by atomic mass is 35.5. The number of hydrogen-bond donors (Lipinski definition) is 0. The lowest BCUT2D eigenvalue weighted by Gasteiger charge is -2.31. The molecule has 2 fully saturated rings. The minimum absolute atomic E-state index is 0.0538. The summed E-state index contributed by atoms with van der Waals surface area (Å²) in [5.74, 6) is -0.879. The first-order valence-corrected chi connectivity index (χ1v) is 9.47. The van der Waals surface area contributed by atoms with Crippen molar-refractivity contribution in [2.24, 2.45) is 5.41 Å². The van der Waals surface area contributed by atoms with Gasteiger partial charge in [0.05, 0.1) is 5.41 Å². The summed E-state index contributed by atoms with van der Waals surface area (Å²) >= 11 is 5.92. The molecule has 1 heterocycles. The number of alkyl halides is 1. The lowest BCUT2D eigenvalue weighted by molar-refractivity contribution is -0.145. The normalized spacial score (nSPS) is 17.4. The molecule has 0 aromatic heterocycles. The van der Waals surface area contributed by atoms with Crippen molar-refractivity contribution in [3.8, 4) is 0 Å². The van der Waals surface area contributed by atoms with Gasteiger partial charge in [0.15, 0.2) is 0 Å². The van der Waals surface area contributed by atoms with E-state index in [-0.39, 0.29) is 55.2 Å². The summed E-state index contributed by atoms with van der Waals surface area (Å²) in [5.41, 5.74) is -0.208. The summed E-state index contributed by atoms with van der Waals surface area (Å²) < 4.78 is 13.1. The van der Waals surface area contributed by atoms with E-state index in [1.807, 2.05) is 0 Å². The SMILES string of the molecule is CC(C)(CCl)C(=O)N(CC(=O)N1CC(=O)N(c2ccc(F)cc2)C1)C1CC1. The van der Waals surface area contributed by atoms with Crippen LogP contribution in [0.4, 0.5) is 10.1 Å². The van der Waals surface area contributed by atoms with Crippen LogP contribution in [0.25, 0.3) is 0 Å². The van der Waals surface area contributed by atoms with Crippen LogP contribution in [0.3, 0.4) is 0 Å². The summed E-state index contributed by atoms with van der Waals surface area (Å²) in [7, 11) is 0. The first kappa shape index (κ1) is 19.6. The van der Waals surface area contributed by atoms with E-state index < -0.39 is 5.41 Å². The van der Waals surface area contributed by atoms with Gasteiger partial charge < -0.3 is 9.80 Å². The lowest BCUT2D eigenvalue weighted by Crippen LogP contribution is -2.48. The van der Waals surface area contributed by atoms with E-state index in [1.165, 1.54) is 34.1 Å². The second kappa shape index (κ2) is 7.46. The van der Waals surface area contributed by atoms with Crippen LogP contribution in [0.2, 0.25) is 0 Å². The van der Waals surface area contributed by atoms with Crippen LogP contribution in [0.1, 0.15) is 26.7 Å². The van der Waals surface area contributed by atoms with Gasteiger partial charge in [-0.15, -0.1) is 11.6 Å². The Bertz CT molecular complexity index is 749. The quantitative estimate of drug-likeness (QED) is 0.694.